The summed E-state index contributed by atoms with van der Waals surface area (Å²) < 4.78 is 11.5. The number of para-hydroxylation sites is 1. The number of nitrogens with one attached hydrogen (secondary N) is 1. The van der Waals surface area contributed by atoms with Gasteiger partial charge < -0.3 is 14.5 Å². The van der Waals surface area contributed by atoms with Crippen LogP contribution >= 0.6 is 0 Å². The molecule has 1 unspecified atom stereocenters. The predicted octanol–water partition coefficient (Wildman–Crippen LogP) is 4.05. The molecule has 0 aliphatic rings. The molecule has 1 aromatic heterocycles. The van der Waals surface area contributed by atoms with Crippen LogP contribution in [-0.2, 0) is 4.79 Å². The van der Waals surface area contributed by atoms with Gasteiger partial charge in [0.25, 0.3) is 0 Å². The fourth-order valence-corrected chi connectivity index (χ4v) is 2.02. The summed E-state index contributed by atoms with van der Waals surface area (Å²) in [5.74, 6) is 1.46. The lowest BCUT2D eigenvalue weighted by Crippen LogP contribution is -2.36. The number of benzene rings is 1. The van der Waals surface area contributed by atoms with Crippen LogP contribution in [0.1, 0.15) is 46.4 Å². The third-order valence-electron chi connectivity index (χ3n) is 3.28. The molecule has 0 fully saturated rings. The van der Waals surface area contributed by atoms with Crippen LogP contribution < -0.4 is 10.1 Å². The molecule has 0 aliphatic heterocycles. The lowest BCUT2D eigenvalue weighted by atomic mass is 9.95. The fourth-order valence-electron chi connectivity index (χ4n) is 2.02. The van der Waals surface area contributed by atoms with Crippen molar-refractivity contribution in [2.24, 2.45) is 5.41 Å². The highest BCUT2D eigenvalue weighted by Crippen LogP contribution is 2.31. The van der Waals surface area contributed by atoms with Crippen LogP contribution in [0.5, 0.6) is 5.75 Å². The Bertz CT molecular complexity index is 637. The van der Waals surface area contributed by atoms with Crippen molar-refractivity contribution in [3.8, 4) is 5.75 Å². The van der Waals surface area contributed by atoms with E-state index in [1.54, 1.807) is 0 Å². The first-order chi connectivity index (χ1) is 9.82. The zero-order valence-corrected chi connectivity index (χ0v) is 13.3. The second-order valence-corrected chi connectivity index (χ2v) is 6.20. The van der Waals surface area contributed by atoms with Crippen LogP contribution in [0.25, 0.3) is 11.0 Å². The van der Waals surface area contributed by atoms with Gasteiger partial charge in [-0.25, -0.2) is 0 Å². The maximum atomic E-state index is 12.1. The molecule has 0 radical (unpaired) electrons. The van der Waals surface area contributed by atoms with E-state index in [1.807, 2.05) is 58.9 Å². The van der Waals surface area contributed by atoms with E-state index in [0.717, 1.165) is 22.5 Å². The first-order valence-electron chi connectivity index (χ1n) is 7.29. The summed E-state index contributed by atoms with van der Waals surface area (Å²) in [6, 6.07) is 7.57. The number of furan rings is 1. The molecule has 0 saturated carbocycles. The maximum absolute atomic E-state index is 12.1. The number of ether oxygens (including phenoxy) is 1. The first kappa shape index (κ1) is 15.4. The molecule has 1 N–H and O–H groups in total. The molecule has 0 spiro atoms. The lowest BCUT2D eigenvalue weighted by Gasteiger charge is -2.20. The third-order valence-corrected chi connectivity index (χ3v) is 3.28. The van der Waals surface area contributed by atoms with Gasteiger partial charge in [-0.05, 0) is 26.0 Å². The molecule has 2 aromatic rings. The van der Waals surface area contributed by atoms with Gasteiger partial charge in [0.1, 0.15) is 5.76 Å². The Morgan fingerprint density at radius 2 is 2.10 bits per heavy atom. The van der Waals surface area contributed by atoms with Crippen LogP contribution in [0, 0.1) is 5.41 Å². The molecule has 4 nitrogen and oxygen atoms in total. The Hall–Kier alpha value is -1.97. The number of amides is 1. The summed E-state index contributed by atoms with van der Waals surface area (Å²) in [7, 11) is 0. The summed E-state index contributed by atoms with van der Waals surface area (Å²) in [5.41, 5.74) is 0.308. The summed E-state index contributed by atoms with van der Waals surface area (Å²) in [5, 5.41) is 3.95. The summed E-state index contributed by atoms with van der Waals surface area (Å²) in [4.78, 5) is 12.1. The average molecular weight is 289 g/mol. The fraction of sp³-hybridized carbons (Fsp3) is 0.471. The number of rotatable bonds is 4. The molecular weight excluding hydrogens is 266 g/mol. The third kappa shape index (κ3) is 3.38. The van der Waals surface area contributed by atoms with E-state index in [0.29, 0.717) is 6.61 Å². The van der Waals surface area contributed by atoms with Crippen molar-refractivity contribution in [1.29, 1.82) is 0 Å². The van der Waals surface area contributed by atoms with Gasteiger partial charge in [-0.3, -0.25) is 4.79 Å². The van der Waals surface area contributed by atoms with Gasteiger partial charge in [0.2, 0.25) is 5.91 Å². The Morgan fingerprint density at radius 1 is 1.38 bits per heavy atom. The zero-order chi connectivity index (χ0) is 15.6. The molecule has 1 atom stereocenters. The number of fused-ring (bicyclic) bond motifs is 1. The summed E-state index contributed by atoms with van der Waals surface area (Å²) in [6.45, 7) is 10.1. The van der Waals surface area contributed by atoms with Gasteiger partial charge in [-0.2, -0.15) is 0 Å². The van der Waals surface area contributed by atoms with Crippen LogP contribution in [0.15, 0.2) is 28.7 Å². The van der Waals surface area contributed by atoms with Crippen LogP contribution in [-0.4, -0.2) is 12.5 Å². The highest BCUT2D eigenvalue weighted by molar-refractivity contribution is 5.84. The predicted molar refractivity (Wildman–Crippen MR) is 83.4 cm³/mol. The molecule has 0 bridgehead atoms. The van der Waals surface area contributed by atoms with Crippen LogP contribution in [0.2, 0.25) is 0 Å². The SMILES string of the molecule is CCOc1cccc2cc(C(C)NC(=O)C(C)(C)C)oc12. The molecule has 1 amide bonds. The molecule has 114 valence electrons. The van der Waals surface area contributed by atoms with Crippen LogP contribution in [0.3, 0.4) is 0 Å². The van der Waals surface area contributed by atoms with E-state index in [4.69, 9.17) is 9.15 Å². The van der Waals surface area contributed by atoms with E-state index in [-0.39, 0.29) is 11.9 Å². The van der Waals surface area contributed by atoms with Crippen molar-refractivity contribution in [1.82, 2.24) is 5.32 Å². The van der Waals surface area contributed by atoms with Crippen molar-refractivity contribution in [2.75, 3.05) is 6.61 Å². The standard InChI is InChI=1S/C17H23NO3/c1-6-20-13-9-7-8-12-10-14(21-15(12)13)11(2)18-16(19)17(3,4)5/h7-11H,6H2,1-5H3,(H,18,19). The number of hydrogen-bond donors (Lipinski definition) is 1. The van der Waals surface area contributed by atoms with E-state index in [9.17, 15) is 4.79 Å². The normalized spacial score (nSPS) is 13.2. The highest BCUT2D eigenvalue weighted by Gasteiger charge is 2.24. The van der Waals surface area contributed by atoms with Gasteiger partial charge in [0.05, 0.1) is 12.6 Å². The molecule has 21 heavy (non-hydrogen) atoms. The van der Waals surface area contributed by atoms with Gasteiger partial charge in [0, 0.05) is 10.8 Å². The minimum absolute atomic E-state index is 0.000452. The smallest absolute Gasteiger partial charge is 0.225 e. The second-order valence-electron chi connectivity index (χ2n) is 6.20. The molecule has 4 heteroatoms. The van der Waals surface area contributed by atoms with E-state index >= 15 is 0 Å². The second kappa shape index (κ2) is 5.80. The quantitative estimate of drug-likeness (QED) is 0.923. The maximum Gasteiger partial charge on any atom is 0.225 e. The van der Waals surface area contributed by atoms with Gasteiger partial charge >= 0.3 is 0 Å². The van der Waals surface area contributed by atoms with Gasteiger partial charge in [-0.15, -0.1) is 0 Å². The molecule has 1 heterocycles. The van der Waals surface area contributed by atoms with E-state index in [2.05, 4.69) is 5.32 Å². The Balaban J connectivity index is 2.26. The van der Waals surface area contributed by atoms with Crippen molar-refractivity contribution >= 4 is 16.9 Å². The van der Waals surface area contributed by atoms with Crippen LogP contribution in [0.4, 0.5) is 0 Å². The van der Waals surface area contributed by atoms with E-state index < -0.39 is 5.41 Å². The summed E-state index contributed by atoms with van der Waals surface area (Å²) in [6.07, 6.45) is 0. The highest BCUT2D eigenvalue weighted by atomic mass is 16.5. The largest absolute Gasteiger partial charge is 0.490 e. The van der Waals surface area contributed by atoms with E-state index in [1.165, 1.54) is 0 Å². The molecular formula is C17H23NO3. The number of carbonyl (C=O) groups is 1. The molecule has 0 saturated heterocycles. The molecule has 2 rings (SSSR count). The van der Waals surface area contributed by atoms with Crippen molar-refractivity contribution in [3.05, 3.63) is 30.0 Å². The first-order valence-corrected chi connectivity index (χ1v) is 7.29. The lowest BCUT2D eigenvalue weighted by molar-refractivity contribution is -0.129. The zero-order valence-electron chi connectivity index (χ0n) is 13.3. The summed E-state index contributed by atoms with van der Waals surface area (Å²) >= 11 is 0. The number of hydrogen-bond acceptors (Lipinski definition) is 3. The Kier molecular flexibility index (Phi) is 4.26. The monoisotopic (exact) mass is 289 g/mol. The number of carbonyl (C=O) groups excluding carboxylic acids is 1. The Labute approximate surface area is 125 Å². The Morgan fingerprint density at radius 3 is 2.71 bits per heavy atom. The van der Waals surface area contributed by atoms with Crippen molar-refractivity contribution in [3.63, 3.8) is 0 Å². The average Bonchev–Trinajstić information content (AvgIpc) is 2.83. The topological polar surface area (TPSA) is 51.5 Å². The molecule has 0 aliphatic carbocycles. The van der Waals surface area contributed by atoms with Gasteiger partial charge in [-0.1, -0.05) is 32.9 Å². The van der Waals surface area contributed by atoms with Gasteiger partial charge in [0.15, 0.2) is 11.3 Å². The van der Waals surface area contributed by atoms with Crippen molar-refractivity contribution < 1.29 is 13.9 Å². The minimum Gasteiger partial charge on any atom is -0.490 e. The van der Waals surface area contributed by atoms with Crippen molar-refractivity contribution in [2.45, 2.75) is 40.7 Å². The minimum atomic E-state index is -0.420. The molecule has 1 aromatic carbocycles.